The number of hydrogen-bond acceptors (Lipinski definition) is 8. The van der Waals surface area contributed by atoms with Crippen LogP contribution < -0.4 is 5.32 Å². The number of nitrogens with one attached hydrogen (secondary N) is 1. The topological polar surface area (TPSA) is 171 Å². The van der Waals surface area contributed by atoms with Crippen LogP contribution in [-0.2, 0) is 24.1 Å². The van der Waals surface area contributed by atoms with Gasteiger partial charge < -0.3 is 41.1 Å². The fourth-order valence-electron chi connectivity index (χ4n) is 7.11. The molecule has 0 bridgehead atoms. The molecule has 9 heteroatoms. The summed E-state index contributed by atoms with van der Waals surface area (Å²) >= 11 is 0. The summed E-state index contributed by atoms with van der Waals surface area (Å²) in [6.07, 6.45) is 8.80. The number of phenolic OH excluding ortho intramolecular Hbond substituents is 1. The molecule has 0 saturated heterocycles. The molecule has 0 spiro atoms. The molecule has 6 atom stereocenters. The predicted octanol–water partition coefficient (Wildman–Crippen LogP) is 5.90. The summed E-state index contributed by atoms with van der Waals surface area (Å²) in [6.45, 7) is 5.46. The van der Waals surface area contributed by atoms with Crippen LogP contribution in [0.15, 0.2) is 65.8 Å². The van der Waals surface area contributed by atoms with E-state index in [1.54, 1.807) is 37.3 Å². The molecule has 0 saturated carbocycles. The standard InChI is InChI=1S/C44H63NO8/c1-4-6-17-40(49)41(50)27-24-34-23-22-33-14-11-13-32(5-2)37(33)15-12-18-42(44(3,53)29-31-20-25-35(47)26-21-31)45-39(38(34)28-36(48)30-46)16-9-7-8-10-19-43(51)52/h11,13-14,20-21,24-27,36,39-42,45-50,53H,4-10,16-19,22-23,28-30H2,1-3H3,(H,51,52)/t36-,39-,40-,41+,42+,44-/m0/s1. The van der Waals surface area contributed by atoms with E-state index in [1.165, 1.54) is 0 Å². The predicted molar refractivity (Wildman–Crippen MR) is 210 cm³/mol. The maximum absolute atomic E-state index is 12.2. The number of unbranched alkanes of at least 4 members (excludes halogenated alkanes) is 4. The van der Waals surface area contributed by atoms with Gasteiger partial charge in [-0.05, 0) is 91.8 Å². The highest BCUT2D eigenvalue weighted by molar-refractivity contribution is 5.66. The normalized spacial score (nSPS) is 19.6. The Balaban J connectivity index is 2.20. The molecule has 292 valence electrons. The molecule has 53 heavy (non-hydrogen) atoms. The Labute approximate surface area is 316 Å². The molecule has 0 aliphatic carbocycles. The van der Waals surface area contributed by atoms with Crippen LogP contribution in [0.5, 0.6) is 5.75 Å². The van der Waals surface area contributed by atoms with Gasteiger partial charge in [-0.2, -0.15) is 0 Å². The van der Waals surface area contributed by atoms with E-state index < -0.39 is 42.5 Å². The van der Waals surface area contributed by atoms with Crippen LogP contribution in [0, 0.1) is 11.8 Å². The van der Waals surface area contributed by atoms with Crippen LogP contribution in [-0.4, -0.2) is 84.3 Å². The summed E-state index contributed by atoms with van der Waals surface area (Å²) in [7, 11) is 0. The zero-order valence-corrected chi connectivity index (χ0v) is 31.9. The molecule has 0 fully saturated rings. The van der Waals surface area contributed by atoms with Crippen LogP contribution >= 0.6 is 0 Å². The van der Waals surface area contributed by atoms with Gasteiger partial charge in [-0.3, -0.25) is 4.79 Å². The largest absolute Gasteiger partial charge is 0.508 e. The number of aromatic hydroxyl groups is 1. The summed E-state index contributed by atoms with van der Waals surface area (Å²) in [5.74, 6) is 6.17. The summed E-state index contributed by atoms with van der Waals surface area (Å²) < 4.78 is 0. The number of phenols is 1. The highest BCUT2D eigenvalue weighted by Crippen LogP contribution is 2.30. The van der Waals surface area contributed by atoms with Crippen molar-refractivity contribution in [2.24, 2.45) is 0 Å². The van der Waals surface area contributed by atoms with Crippen LogP contribution in [0.4, 0.5) is 0 Å². The lowest BCUT2D eigenvalue weighted by Crippen LogP contribution is -2.54. The van der Waals surface area contributed by atoms with Crippen molar-refractivity contribution in [1.29, 1.82) is 0 Å². The number of fused-ring (bicyclic) bond motifs is 1. The maximum Gasteiger partial charge on any atom is 0.303 e. The second-order valence-electron chi connectivity index (χ2n) is 14.8. The van der Waals surface area contributed by atoms with E-state index in [4.69, 9.17) is 5.11 Å². The Kier molecular flexibility index (Phi) is 18.8. The quantitative estimate of drug-likeness (QED) is 0.0610. The number of allylic oxidation sites excluding steroid dienone is 2. The van der Waals surface area contributed by atoms with E-state index in [-0.39, 0.29) is 31.1 Å². The zero-order valence-electron chi connectivity index (χ0n) is 31.9. The van der Waals surface area contributed by atoms with Crippen molar-refractivity contribution in [2.75, 3.05) is 6.61 Å². The lowest BCUT2D eigenvalue weighted by molar-refractivity contribution is -0.137. The number of aliphatic hydroxyl groups is 5. The van der Waals surface area contributed by atoms with Gasteiger partial charge in [-0.1, -0.05) is 100 Å². The van der Waals surface area contributed by atoms with Crippen molar-refractivity contribution >= 4 is 5.97 Å². The van der Waals surface area contributed by atoms with Crippen molar-refractivity contribution in [2.45, 2.75) is 153 Å². The van der Waals surface area contributed by atoms with Crippen LogP contribution in [0.25, 0.3) is 0 Å². The molecular formula is C44H63NO8. The average Bonchev–Trinajstić information content (AvgIpc) is 3.13. The molecule has 0 radical (unpaired) electrons. The van der Waals surface area contributed by atoms with Crippen LogP contribution in [0.3, 0.4) is 0 Å². The van der Waals surface area contributed by atoms with Gasteiger partial charge in [0, 0.05) is 36.9 Å². The number of benzene rings is 2. The van der Waals surface area contributed by atoms with Gasteiger partial charge in [0.2, 0.25) is 0 Å². The van der Waals surface area contributed by atoms with E-state index >= 15 is 0 Å². The number of carboxylic acids is 1. The van der Waals surface area contributed by atoms with Gasteiger partial charge in [0.05, 0.1) is 30.5 Å². The van der Waals surface area contributed by atoms with E-state index in [1.807, 2.05) is 19.1 Å². The molecule has 0 unspecified atom stereocenters. The van der Waals surface area contributed by atoms with Gasteiger partial charge in [0.15, 0.2) is 0 Å². The van der Waals surface area contributed by atoms with Crippen molar-refractivity contribution in [3.05, 3.63) is 88.0 Å². The molecule has 1 heterocycles. The molecule has 8 N–H and O–H groups in total. The summed E-state index contributed by atoms with van der Waals surface area (Å²) in [6, 6.07) is 12.0. The fourth-order valence-corrected chi connectivity index (χ4v) is 7.11. The lowest BCUT2D eigenvalue weighted by atomic mass is 9.83. The highest BCUT2D eigenvalue weighted by atomic mass is 16.4. The summed E-state index contributed by atoms with van der Waals surface area (Å²) in [4.78, 5) is 11.1. The number of carbonyl (C=O) groups is 1. The lowest BCUT2D eigenvalue weighted by Gasteiger charge is -2.38. The third kappa shape index (κ3) is 14.7. The first kappa shape index (κ1) is 43.9. The Hall–Kier alpha value is -3.49. The van der Waals surface area contributed by atoms with E-state index in [0.717, 1.165) is 71.9 Å². The van der Waals surface area contributed by atoms with Gasteiger partial charge in [-0.25, -0.2) is 0 Å². The maximum atomic E-state index is 12.2. The van der Waals surface area contributed by atoms with E-state index in [0.29, 0.717) is 38.5 Å². The number of aliphatic carboxylic acids is 1. The second-order valence-corrected chi connectivity index (χ2v) is 14.8. The minimum atomic E-state index is -1.31. The Morgan fingerprint density at radius 1 is 1.02 bits per heavy atom. The molecular weight excluding hydrogens is 670 g/mol. The average molecular weight is 734 g/mol. The van der Waals surface area contributed by atoms with Crippen molar-refractivity contribution in [1.82, 2.24) is 5.32 Å². The third-order valence-corrected chi connectivity index (χ3v) is 10.3. The SMILES string of the molecule is CCCC[C@H](O)[C@H](O)C=CC1=C(C[C@H](O)CO)[C@H](CCCCCCC(=O)O)N[C@@H]([C@@](C)(O)Cc2ccc(O)cc2)CC#Cc2c(CC)cccc2CC1. The first-order valence-corrected chi connectivity index (χ1v) is 19.5. The number of aliphatic hydroxyl groups excluding tert-OH is 4. The second kappa shape index (κ2) is 22.7. The van der Waals surface area contributed by atoms with E-state index in [9.17, 15) is 35.4 Å². The van der Waals surface area contributed by atoms with Gasteiger partial charge in [0.25, 0.3) is 0 Å². The zero-order chi connectivity index (χ0) is 38.8. The van der Waals surface area contributed by atoms with Gasteiger partial charge >= 0.3 is 5.97 Å². The molecule has 0 amide bonds. The number of hydrogen-bond donors (Lipinski definition) is 8. The van der Waals surface area contributed by atoms with Crippen molar-refractivity contribution < 1.29 is 40.5 Å². The minimum absolute atomic E-state index is 0.110. The first-order valence-electron chi connectivity index (χ1n) is 19.5. The van der Waals surface area contributed by atoms with Crippen LogP contribution in [0.2, 0.25) is 0 Å². The summed E-state index contributed by atoms with van der Waals surface area (Å²) in [5.41, 5.74) is 4.40. The fraction of sp³-hybridized carbons (Fsp3) is 0.568. The highest BCUT2D eigenvalue weighted by Gasteiger charge is 2.35. The van der Waals surface area contributed by atoms with Crippen LogP contribution in [0.1, 0.15) is 120 Å². The van der Waals surface area contributed by atoms with Gasteiger partial charge in [0.1, 0.15) is 5.75 Å². The molecule has 2 aromatic carbocycles. The minimum Gasteiger partial charge on any atom is -0.508 e. The Morgan fingerprint density at radius 2 is 1.75 bits per heavy atom. The van der Waals surface area contributed by atoms with Gasteiger partial charge in [-0.15, -0.1) is 0 Å². The van der Waals surface area contributed by atoms with Crippen molar-refractivity contribution in [3.63, 3.8) is 0 Å². The van der Waals surface area contributed by atoms with Crippen molar-refractivity contribution in [3.8, 4) is 17.6 Å². The molecule has 1 aliphatic rings. The Bertz CT molecular complexity index is 1540. The number of carboxylic acid groups (broad SMARTS) is 1. The molecule has 2 aromatic rings. The number of rotatable bonds is 20. The van der Waals surface area contributed by atoms with E-state index in [2.05, 4.69) is 36.2 Å². The molecule has 9 nitrogen and oxygen atoms in total. The first-order chi connectivity index (χ1) is 25.4. The number of aryl methyl sites for hydroxylation is 2. The smallest absolute Gasteiger partial charge is 0.303 e. The monoisotopic (exact) mass is 733 g/mol. The molecule has 3 rings (SSSR count). The molecule has 0 aromatic heterocycles. The Morgan fingerprint density at radius 3 is 2.43 bits per heavy atom. The molecule has 1 aliphatic heterocycles. The summed E-state index contributed by atoms with van der Waals surface area (Å²) in [5, 5.41) is 77.8. The third-order valence-electron chi connectivity index (χ3n) is 10.3.